The molecule has 1 aliphatic heterocycles. The average molecular weight is 418 g/mol. The number of rotatable bonds is 4. The Labute approximate surface area is 173 Å². The molecule has 1 aliphatic rings. The molecule has 2 aromatic heterocycles. The standard InChI is InChI=1S/C20H21Cl2N5O/c1-13(20(28)23-17-12-15(21)5-6-16(17)22)26-10-7-14(8-11-26)19-25-24-18-4-2-3-9-27(18)19/h2-6,9,12-14H,7-8,10-11H2,1H3,(H,23,28). The van der Waals surface area contributed by atoms with Gasteiger partial charge >= 0.3 is 0 Å². The first kappa shape index (κ1) is 19.2. The molecule has 6 nitrogen and oxygen atoms in total. The minimum atomic E-state index is -0.258. The number of carbonyl (C=O) groups is 1. The minimum Gasteiger partial charge on any atom is -0.323 e. The second-order valence-corrected chi connectivity index (χ2v) is 7.93. The van der Waals surface area contributed by atoms with Crippen molar-refractivity contribution in [2.24, 2.45) is 0 Å². The van der Waals surface area contributed by atoms with E-state index in [2.05, 4.69) is 24.8 Å². The number of benzene rings is 1. The van der Waals surface area contributed by atoms with Gasteiger partial charge in [-0.3, -0.25) is 14.1 Å². The minimum absolute atomic E-state index is 0.0875. The number of nitrogens with zero attached hydrogens (tertiary/aromatic N) is 4. The molecule has 3 heterocycles. The first-order valence-corrected chi connectivity index (χ1v) is 10.1. The number of anilines is 1. The smallest absolute Gasteiger partial charge is 0.241 e. The number of carbonyl (C=O) groups excluding carboxylic acids is 1. The molecule has 1 aromatic carbocycles. The molecule has 4 rings (SSSR count). The van der Waals surface area contributed by atoms with Gasteiger partial charge in [0.2, 0.25) is 5.91 Å². The summed E-state index contributed by atoms with van der Waals surface area (Å²) >= 11 is 12.2. The molecular formula is C20H21Cl2N5O. The molecule has 3 aromatic rings. The Morgan fingerprint density at radius 1 is 1.18 bits per heavy atom. The zero-order valence-electron chi connectivity index (χ0n) is 15.5. The Kier molecular flexibility index (Phi) is 5.53. The van der Waals surface area contributed by atoms with E-state index in [0.717, 1.165) is 37.4 Å². The molecule has 146 valence electrons. The van der Waals surface area contributed by atoms with Crippen molar-refractivity contribution in [3.8, 4) is 0 Å². The van der Waals surface area contributed by atoms with E-state index in [-0.39, 0.29) is 11.9 Å². The lowest BCUT2D eigenvalue weighted by Gasteiger charge is -2.34. The topological polar surface area (TPSA) is 62.5 Å². The third kappa shape index (κ3) is 3.85. The van der Waals surface area contributed by atoms with Crippen molar-refractivity contribution in [3.63, 3.8) is 0 Å². The molecular weight excluding hydrogens is 397 g/mol. The maximum absolute atomic E-state index is 12.7. The fourth-order valence-electron chi connectivity index (χ4n) is 3.68. The quantitative estimate of drug-likeness (QED) is 0.689. The zero-order chi connectivity index (χ0) is 19.7. The number of likely N-dealkylation sites (tertiary alicyclic amines) is 1. The Morgan fingerprint density at radius 3 is 2.75 bits per heavy atom. The Balaban J connectivity index is 1.39. The Bertz CT molecular complexity index is 997. The van der Waals surface area contributed by atoms with Crippen LogP contribution in [0.15, 0.2) is 42.6 Å². The lowest BCUT2D eigenvalue weighted by Crippen LogP contribution is -2.45. The summed E-state index contributed by atoms with van der Waals surface area (Å²) in [5.74, 6) is 1.25. The molecule has 1 N–H and O–H groups in total. The zero-order valence-corrected chi connectivity index (χ0v) is 17.0. The third-order valence-corrected chi connectivity index (χ3v) is 5.91. The number of nitrogens with one attached hydrogen (secondary N) is 1. The molecule has 8 heteroatoms. The molecule has 1 atom stereocenters. The highest BCUT2D eigenvalue weighted by atomic mass is 35.5. The normalized spacial score (nSPS) is 17.0. The number of piperidine rings is 1. The van der Waals surface area contributed by atoms with E-state index in [1.54, 1.807) is 18.2 Å². The van der Waals surface area contributed by atoms with Crippen LogP contribution in [0.4, 0.5) is 5.69 Å². The highest BCUT2D eigenvalue weighted by molar-refractivity contribution is 6.35. The average Bonchev–Trinajstić information content (AvgIpc) is 3.14. The van der Waals surface area contributed by atoms with Gasteiger partial charge in [0.1, 0.15) is 5.82 Å². The van der Waals surface area contributed by atoms with Crippen LogP contribution in [0, 0.1) is 0 Å². The van der Waals surface area contributed by atoms with Gasteiger partial charge < -0.3 is 5.32 Å². The van der Waals surface area contributed by atoms with Crippen LogP contribution in [0.2, 0.25) is 10.0 Å². The first-order valence-electron chi connectivity index (χ1n) is 9.32. The van der Waals surface area contributed by atoms with Gasteiger partial charge in [0.15, 0.2) is 5.65 Å². The number of aromatic nitrogens is 3. The molecule has 1 amide bonds. The lowest BCUT2D eigenvalue weighted by molar-refractivity contribution is -0.121. The van der Waals surface area contributed by atoms with Gasteiger partial charge in [0.25, 0.3) is 0 Å². The summed E-state index contributed by atoms with van der Waals surface area (Å²) in [7, 11) is 0. The van der Waals surface area contributed by atoms with Gasteiger partial charge in [0, 0.05) is 17.1 Å². The third-order valence-electron chi connectivity index (χ3n) is 5.35. The molecule has 28 heavy (non-hydrogen) atoms. The maximum Gasteiger partial charge on any atom is 0.241 e. The van der Waals surface area contributed by atoms with Gasteiger partial charge in [-0.25, -0.2) is 0 Å². The molecule has 0 aliphatic carbocycles. The van der Waals surface area contributed by atoms with E-state index >= 15 is 0 Å². The van der Waals surface area contributed by atoms with Crippen LogP contribution in [-0.2, 0) is 4.79 Å². The molecule has 1 unspecified atom stereocenters. The van der Waals surface area contributed by atoms with Crippen LogP contribution in [-0.4, -0.2) is 44.5 Å². The lowest BCUT2D eigenvalue weighted by atomic mass is 9.95. The predicted octanol–water partition coefficient (Wildman–Crippen LogP) is 4.24. The highest BCUT2D eigenvalue weighted by Crippen LogP contribution is 2.29. The summed E-state index contributed by atoms with van der Waals surface area (Å²) in [5.41, 5.74) is 1.40. The molecule has 1 fully saturated rings. The van der Waals surface area contributed by atoms with Crippen molar-refractivity contribution in [2.75, 3.05) is 18.4 Å². The SMILES string of the molecule is CC(C(=O)Nc1cc(Cl)ccc1Cl)N1CCC(c2nnc3ccccn23)CC1. The van der Waals surface area contributed by atoms with Gasteiger partial charge in [0.05, 0.1) is 16.8 Å². The van der Waals surface area contributed by atoms with Crippen LogP contribution < -0.4 is 5.32 Å². The maximum atomic E-state index is 12.7. The van der Waals surface area contributed by atoms with Crippen LogP contribution in [0.5, 0.6) is 0 Å². The fourth-order valence-corrected chi connectivity index (χ4v) is 4.02. The number of hydrogen-bond acceptors (Lipinski definition) is 4. The van der Waals surface area contributed by atoms with E-state index in [0.29, 0.717) is 21.7 Å². The van der Waals surface area contributed by atoms with Crippen molar-refractivity contribution in [2.45, 2.75) is 31.7 Å². The number of fused-ring (bicyclic) bond motifs is 1. The number of halogens is 2. The summed E-state index contributed by atoms with van der Waals surface area (Å²) in [6, 6.07) is 10.7. The number of amides is 1. The van der Waals surface area contributed by atoms with Crippen LogP contribution in [0.1, 0.15) is 31.5 Å². The van der Waals surface area contributed by atoms with E-state index in [9.17, 15) is 4.79 Å². The number of hydrogen-bond donors (Lipinski definition) is 1. The van der Waals surface area contributed by atoms with E-state index in [1.165, 1.54) is 0 Å². The fraction of sp³-hybridized carbons (Fsp3) is 0.350. The van der Waals surface area contributed by atoms with Crippen LogP contribution in [0.3, 0.4) is 0 Å². The summed E-state index contributed by atoms with van der Waals surface area (Å²) in [6.45, 7) is 3.56. The molecule has 0 radical (unpaired) electrons. The summed E-state index contributed by atoms with van der Waals surface area (Å²) < 4.78 is 2.05. The van der Waals surface area contributed by atoms with Crippen molar-refractivity contribution in [3.05, 3.63) is 58.5 Å². The van der Waals surface area contributed by atoms with E-state index in [4.69, 9.17) is 23.2 Å². The van der Waals surface area contributed by atoms with Gasteiger partial charge in [-0.15, -0.1) is 10.2 Å². The van der Waals surface area contributed by atoms with Crippen molar-refractivity contribution >= 4 is 40.4 Å². The van der Waals surface area contributed by atoms with E-state index < -0.39 is 0 Å². The molecule has 1 saturated heterocycles. The van der Waals surface area contributed by atoms with Crippen molar-refractivity contribution < 1.29 is 4.79 Å². The van der Waals surface area contributed by atoms with Crippen LogP contribution >= 0.6 is 23.2 Å². The predicted molar refractivity (Wildman–Crippen MR) is 111 cm³/mol. The van der Waals surface area contributed by atoms with Gasteiger partial charge in [-0.2, -0.15) is 0 Å². The number of pyridine rings is 1. The van der Waals surface area contributed by atoms with Crippen molar-refractivity contribution in [1.82, 2.24) is 19.5 Å². The van der Waals surface area contributed by atoms with E-state index in [1.807, 2.05) is 31.3 Å². The van der Waals surface area contributed by atoms with Crippen LogP contribution in [0.25, 0.3) is 5.65 Å². The van der Waals surface area contributed by atoms with Crippen molar-refractivity contribution in [1.29, 1.82) is 0 Å². The molecule has 0 saturated carbocycles. The van der Waals surface area contributed by atoms with Gasteiger partial charge in [-0.05, 0) is 63.2 Å². The summed E-state index contributed by atoms with van der Waals surface area (Å²) in [6.07, 6.45) is 3.87. The summed E-state index contributed by atoms with van der Waals surface area (Å²) in [4.78, 5) is 14.9. The first-order chi connectivity index (χ1) is 13.5. The Hall–Kier alpha value is -2.15. The Morgan fingerprint density at radius 2 is 1.96 bits per heavy atom. The monoisotopic (exact) mass is 417 g/mol. The van der Waals surface area contributed by atoms with Gasteiger partial charge in [-0.1, -0.05) is 29.3 Å². The largest absolute Gasteiger partial charge is 0.323 e. The summed E-state index contributed by atoms with van der Waals surface area (Å²) in [5, 5.41) is 12.5. The molecule has 0 spiro atoms. The second kappa shape index (κ2) is 8.07. The highest BCUT2D eigenvalue weighted by Gasteiger charge is 2.29. The molecule has 0 bridgehead atoms. The second-order valence-electron chi connectivity index (χ2n) is 7.09.